The molecule has 4 bridgehead atoms. The Morgan fingerprint density at radius 3 is 2.25 bits per heavy atom. The number of rotatable bonds is 6. The van der Waals surface area contributed by atoms with Crippen LogP contribution in [0.5, 0.6) is 5.75 Å². The fraction of sp³-hybridized carbons (Fsp3) is 0.704. The first-order chi connectivity index (χ1) is 15.4. The van der Waals surface area contributed by atoms with Crippen LogP contribution in [0.1, 0.15) is 68.9 Å². The van der Waals surface area contributed by atoms with Crippen LogP contribution in [0.2, 0.25) is 0 Å². The molecule has 1 N–H and O–H groups in total. The number of hydrogen-bond acceptors (Lipinski definition) is 3. The summed E-state index contributed by atoms with van der Waals surface area (Å²) in [5.74, 6) is 3.70. The number of amides is 2. The minimum atomic E-state index is 0.0309. The molecule has 0 unspecified atom stereocenters. The number of nitrogens with one attached hydrogen (secondary N) is 1. The van der Waals surface area contributed by atoms with Crippen molar-refractivity contribution >= 4 is 11.8 Å². The summed E-state index contributed by atoms with van der Waals surface area (Å²) in [5.41, 5.74) is 2.53. The van der Waals surface area contributed by atoms with Gasteiger partial charge in [0, 0.05) is 25.6 Å². The average molecular weight is 439 g/mol. The SMILES string of the molecule is Cc1ccc(OCC(=O)N2CCC(NC(=O)CC34CC5CC(CC(C5)C3)C4)CC2)c(C)c1. The van der Waals surface area contributed by atoms with Gasteiger partial charge in [0.25, 0.3) is 5.91 Å². The largest absolute Gasteiger partial charge is 0.484 e. The number of carbonyl (C=O) groups excluding carboxylic acids is 2. The zero-order valence-electron chi connectivity index (χ0n) is 19.7. The first kappa shape index (κ1) is 21.8. The molecule has 0 radical (unpaired) electrons. The maximum atomic E-state index is 12.9. The monoisotopic (exact) mass is 438 g/mol. The van der Waals surface area contributed by atoms with Crippen LogP contribution in [-0.2, 0) is 9.59 Å². The molecule has 5 fully saturated rings. The van der Waals surface area contributed by atoms with E-state index < -0.39 is 0 Å². The Morgan fingerprint density at radius 1 is 1.03 bits per heavy atom. The van der Waals surface area contributed by atoms with Gasteiger partial charge in [-0.1, -0.05) is 17.7 Å². The van der Waals surface area contributed by atoms with Crippen molar-refractivity contribution in [3.63, 3.8) is 0 Å². The molecule has 5 nitrogen and oxygen atoms in total. The fourth-order valence-corrected chi connectivity index (χ4v) is 7.59. The van der Waals surface area contributed by atoms with E-state index in [-0.39, 0.29) is 24.5 Å². The Kier molecular flexibility index (Phi) is 5.94. The molecule has 0 aromatic heterocycles. The number of ether oxygens (including phenoxy) is 1. The van der Waals surface area contributed by atoms with E-state index in [2.05, 4.69) is 11.4 Å². The second kappa shape index (κ2) is 8.72. The highest BCUT2D eigenvalue weighted by atomic mass is 16.5. The third-order valence-electron chi connectivity index (χ3n) is 8.59. The van der Waals surface area contributed by atoms with Crippen molar-refractivity contribution in [1.82, 2.24) is 10.2 Å². The molecule has 1 aromatic rings. The molecule has 4 saturated carbocycles. The van der Waals surface area contributed by atoms with E-state index in [1.165, 1.54) is 44.1 Å². The molecule has 0 spiro atoms. The van der Waals surface area contributed by atoms with Crippen LogP contribution in [0.25, 0.3) is 0 Å². The number of aryl methyl sites for hydroxylation is 2. The number of piperidine rings is 1. The number of likely N-dealkylation sites (tertiary alicyclic amines) is 1. The summed E-state index contributed by atoms with van der Waals surface area (Å²) in [6, 6.07) is 6.20. The highest BCUT2D eigenvalue weighted by Gasteiger charge is 2.51. The summed E-state index contributed by atoms with van der Waals surface area (Å²) in [4.78, 5) is 27.4. The molecule has 1 saturated heterocycles. The molecule has 5 heteroatoms. The lowest BCUT2D eigenvalue weighted by molar-refractivity contribution is -0.134. The van der Waals surface area contributed by atoms with Crippen molar-refractivity contribution in [1.29, 1.82) is 0 Å². The lowest BCUT2D eigenvalue weighted by Gasteiger charge is -2.56. The Labute approximate surface area is 192 Å². The summed E-state index contributed by atoms with van der Waals surface area (Å²) < 4.78 is 5.77. The van der Waals surface area contributed by atoms with Gasteiger partial charge in [0.2, 0.25) is 5.91 Å². The maximum Gasteiger partial charge on any atom is 0.260 e. The molecule has 1 aliphatic heterocycles. The van der Waals surface area contributed by atoms with Gasteiger partial charge in [0.15, 0.2) is 6.61 Å². The molecule has 5 aliphatic rings. The van der Waals surface area contributed by atoms with Gasteiger partial charge < -0.3 is 15.0 Å². The summed E-state index contributed by atoms with van der Waals surface area (Å²) in [5, 5.41) is 3.32. The summed E-state index contributed by atoms with van der Waals surface area (Å²) in [6.07, 6.45) is 10.5. The highest BCUT2D eigenvalue weighted by molar-refractivity contribution is 5.78. The summed E-state index contributed by atoms with van der Waals surface area (Å²) >= 11 is 0. The van der Waals surface area contributed by atoms with Crippen molar-refractivity contribution < 1.29 is 14.3 Å². The standard InChI is InChI=1S/C27H38N2O3/c1-18-3-4-24(19(2)9-18)32-17-26(31)29-7-5-23(6-8-29)28-25(30)16-27-13-20-10-21(14-27)12-22(11-20)15-27/h3-4,9,20-23H,5-8,10-17H2,1-2H3,(H,28,30). The number of carbonyl (C=O) groups is 2. The Hall–Kier alpha value is -2.04. The zero-order valence-corrected chi connectivity index (χ0v) is 19.7. The normalized spacial score (nSPS) is 31.6. The van der Waals surface area contributed by atoms with Crippen molar-refractivity contribution in [2.45, 2.75) is 77.7 Å². The number of hydrogen-bond donors (Lipinski definition) is 1. The van der Waals surface area contributed by atoms with E-state index in [0.717, 1.165) is 48.3 Å². The van der Waals surface area contributed by atoms with Crippen LogP contribution in [0.3, 0.4) is 0 Å². The van der Waals surface area contributed by atoms with E-state index in [4.69, 9.17) is 4.74 Å². The molecule has 6 rings (SSSR count). The van der Waals surface area contributed by atoms with Crippen molar-refractivity contribution in [3.8, 4) is 5.75 Å². The van der Waals surface area contributed by atoms with Crippen LogP contribution in [0.4, 0.5) is 0 Å². The van der Waals surface area contributed by atoms with Gasteiger partial charge in [-0.05, 0) is 100 Å². The Bertz CT molecular complexity index is 836. The van der Waals surface area contributed by atoms with Gasteiger partial charge in [-0.2, -0.15) is 0 Å². The van der Waals surface area contributed by atoms with E-state index in [1.807, 2.05) is 30.9 Å². The first-order valence-electron chi connectivity index (χ1n) is 12.6. The second-order valence-corrected chi connectivity index (χ2v) is 11.4. The summed E-state index contributed by atoms with van der Waals surface area (Å²) in [6.45, 7) is 5.51. The van der Waals surface area contributed by atoms with Gasteiger partial charge in [-0.3, -0.25) is 9.59 Å². The minimum absolute atomic E-state index is 0.0309. The van der Waals surface area contributed by atoms with Crippen LogP contribution in [0.15, 0.2) is 18.2 Å². The first-order valence-corrected chi connectivity index (χ1v) is 12.6. The van der Waals surface area contributed by atoms with E-state index in [1.54, 1.807) is 0 Å². The quantitative estimate of drug-likeness (QED) is 0.716. The molecular weight excluding hydrogens is 400 g/mol. The molecular formula is C27H38N2O3. The van der Waals surface area contributed by atoms with E-state index >= 15 is 0 Å². The topological polar surface area (TPSA) is 58.6 Å². The molecule has 0 atom stereocenters. The van der Waals surface area contributed by atoms with Gasteiger partial charge in [-0.25, -0.2) is 0 Å². The number of benzene rings is 1. The molecule has 4 aliphatic carbocycles. The van der Waals surface area contributed by atoms with E-state index in [9.17, 15) is 9.59 Å². The van der Waals surface area contributed by atoms with Crippen molar-refractivity contribution in [3.05, 3.63) is 29.3 Å². The van der Waals surface area contributed by atoms with Gasteiger partial charge in [0.1, 0.15) is 5.75 Å². The highest BCUT2D eigenvalue weighted by Crippen LogP contribution is 2.61. The smallest absolute Gasteiger partial charge is 0.260 e. The van der Waals surface area contributed by atoms with E-state index in [0.29, 0.717) is 18.5 Å². The predicted octanol–water partition coefficient (Wildman–Crippen LogP) is 4.40. The summed E-state index contributed by atoms with van der Waals surface area (Å²) in [7, 11) is 0. The molecule has 2 amide bonds. The Morgan fingerprint density at radius 2 is 1.66 bits per heavy atom. The second-order valence-electron chi connectivity index (χ2n) is 11.4. The zero-order chi connectivity index (χ0) is 22.3. The van der Waals surface area contributed by atoms with Gasteiger partial charge in [-0.15, -0.1) is 0 Å². The van der Waals surface area contributed by atoms with Crippen LogP contribution in [0, 0.1) is 37.0 Å². The number of nitrogens with zero attached hydrogens (tertiary/aromatic N) is 1. The average Bonchev–Trinajstić information content (AvgIpc) is 2.72. The van der Waals surface area contributed by atoms with Crippen LogP contribution >= 0.6 is 0 Å². The van der Waals surface area contributed by atoms with Crippen LogP contribution < -0.4 is 10.1 Å². The van der Waals surface area contributed by atoms with Crippen molar-refractivity contribution in [2.75, 3.05) is 19.7 Å². The predicted molar refractivity (Wildman–Crippen MR) is 124 cm³/mol. The maximum absolute atomic E-state index is 12.9. The van der Waals surface area contributed by atoms with Crippen LogP contribution in [-0.4, -0.2) is 42.5 Å². The molecule has 1 aromatic carbocycles. The minimum Gasteiger partial charge on any atom is -0.484 e. The third kappa shape index (κ3) is 4.67. The molecule has 1 heterocycles. The lowest BCUT2D eigenvalue weighted by atomic mass is 9.49. The molecule has 32 heavy (non-hydrogen) atoms. The Balaban J connectivity index is 1.06. The fourth-order valence-electron chi connectivity index (χ4n) is 7.59. The molecule has 174 valence electrons. The lowest BCUT2D eigenvalue weighted by Crippen LogP contribution is -2.50. The van der Waals surface area contributed by atoms with Crippen molar-refractivity contribution in [2.24, 2.45) is 23.2 Å². The van der Waals surface area contributed by atoms with Gasteiger partial charge >= 0.3 is 0 Å². The third-order valence-corrected chi connectivity index (χ3v) is 8.59. The van der Waals surface area contributed by atoms with Gasteiger partial charge in [0.05, 0.1) is 0 Å².